The van der Waals surface area contributed by atoms with Gasteiger partial charge in [0.15, 0.2) is 0 Å². The molecule has 0 heterocycles. The Balaban J connectivity index is 2.43. The van der Waals surface area contributed by atoms with Crippen molar-refractivity contribution in [2.75, 3.05) is 0 Å². The molecule has 53 valence electrons. The molecular formula is C9H12As. The summed E-state index contributed by atoms with van der Waals surface area (Å²) in [6, 6.07) is 10.8. The molecule has 0 nitrogen and oxygen atoms in total. The van der Waals surface area contributed by atoms with E-state index >= 15 is 0 Å². The molecule has 0 fully saturated rings. The maximum absolute atomic E-state index is 2.25. The summed E-state index contributed by atoms with van der Waals surface area (Å²) in [4.78, 5) is 0. The van der Waals surface area contributed by atoms with E-state index in [4.69, 9.17) is 0 Å². The number of benzene rings is 1. The number of hydrogen-bond acceptors (Lipinski definition) is 0. The van der Waals surface area contributed by atoms with Gasteiger partial charge in [0.1, 0.15) is 0 Å². The van der Waals surface area contributed by atoms with E-state index in [0.717, 1.165) is 0 Å². The van der Waals surface area contributed by atoms with Crippen molar-refractivity contribution in [3.63, 3.8) is 0 Å². The number of rotatable bonds is 3. The van der Waals surface area contributed by atoms with Gasteiger partial charge < -0.3 is 0 Å². The van der Waals surface area contributed by atoms with Gasteiger partial charge in [-0.25, -0.2) is 0 Å². The van der Waals surface area contributed by atoms with Crippen molar-refractivity contribution >= 4 is 20.1 Å². The summed E-state index contributed by atoms with van der Waals surface area (Å²) in [5.41, 5.74) is 0. The zero-order valence-corrected chi connectivity index (χ0v) is 8.12. The third kappa shape index (κ3) is 2.58. The summed E-state index contributed by atoms with van der Waals surface area (Å²) in [6.45, 7) is 2.25. The van der Waals surface area contributed by atoms with Crippen LogP contribution in [0.3, 0.4) is 0 Å². The van der Waals surface area contributed by atoms with Crippen LogP contribution in [0.25, 0.3) is 0 Å². The molecule has 10 heavy (non-hydrogen) atoms. The first-order chi connectivity index (χ1) is 4.93. The van der Waals surface area contributed by atoms with Gasteiger partial charge in [-0.3, -0.25) is 0 Å². The zero-order chi connectivity index (χ0) is 7.23. The van der Waals surface area contributed by atoms with Gasteiger partial charge in [0.2, 0.25) is 0 Å². The SMILES string of the molecule is CCC[As]c1ccccc1. The molecule has 1 radical (unpaired) electrons. The third-order valence-electron chi connectivity index (χ3n) is 1.27. The fraction of sp³-hybridized carbons (Fsp3) is 0.333. The van der Waals surface area contributed by atoms with Gasteiger partial charge in [-0.2, -0.15) is 0 Å². The molecule has 0 spiro atoms. The molecule has 0 amide bonds. The van der Waals surface area contributed by atoms with Crippen LogP contribution in [0.2, 0.25) is 5.21 Å². The Hall–Kier alpha value is -0.222. The standard InChI is InChI=1S/C9H12As/c1-2-8-10-9-6-4-3-5-7-9/h3-7H,2,8H2,1H3. The molecule has 1 heteroatoms. The van der Waals surface area contributed by atoms with Gasteiger partial charge in [0.25, 0.3) is 0 Å². The molecule has 0 unspecified atom stereocenters. The van der Waals surface area contributed by atoms with E-state index in [1.807, 2.05) is 0 Å². The summed E-state index contributed by atoms with van der Waals surface area (Å²) >= 11 is 0.461. The molecule has 0 atom stereocenters. The summed E-state index contributed by atoms with van der Waals surface area (Å²) < 4.78 is 1.56. The van der Waals surface area contributed by atoms with Crippen LogP contribution in [0.4, 0.5) is 0 Å². The normalized spacial score (nSPS) is 10.9. The van der Waals surface area contributed by atoms with Crippen LogP contribution in [0.5, 0.6) is 0 Å². The molecule has 0 saturated heterocycles. The third-order valence-corrected chi connectivity index (χ3v) is 4.07. The Labute approximate surface area is 69.3 Å². The van der Waals surface area contributed by atoms with Crippen molar-refractivity contribution in [2.45, 2.75) is 18.6 Å². The van der Waals surface area contributed by atoms with Crippen LogP contribution in [-0.4, -0.2) is 15.8 Å². The summed E-state index contributed by atoms with van der Waals surface area (Å²) in [6.07, 6.45) is 1.33. The van der Waals surface area contributed by atoms with Crippen molar-refractivity contribution in [1.82, 2.24) is 0 Å². The van der Waals surface area contributed by atoms with Crippen molar-refractivity contribution in [1.29, 1.82) is 0 Å². The second kappa shape index (κ2) is 4.57. The van der Waals surface area contributed by atoms with E-state index in [-0.39, 0.29) is 0 Å². The monoisotopic (exact) mass is 195 g/mol. The Morgan fingerprint density at radius 3 is 2.50 bits per heavy atom. The van der Waals surface area contributed by atoms with Crippen molar-refractivity contribution in [2.24, 2.45) is 0 Å². The molecule has 1 rings (SSSR count). The topological polar surface area (TPSA) is 0 Å². The minimum absolute atomic E-state index is 0.461. The second-order valence-electron chi connectivity index (χ2n) is 2.22. The minimum atomic E-state index is 0.461. The van der Waals surface area contributed by atoms with Gasteiger partial charge >= 0.3 is 69.0 Å². The first kappa shape index (κ1) is 7.88. The molecule has 1 aromatic rings. The molecule has 0 N–H and O–H groups in total. The fourth-order valence-corrected chi connectivity index (χ4v) is 2.59. The van der Waals surface area contributed by atoms with Gasteiger partial charge in [-0.1, -0.05) is 0 Å². The van der Waals surface area contributed by atoms with Crippen molar-refractivity contribution < 1.29 is 0 Å². The van der Waals surface area contributed by atoms with Crippen LogP contribution in [0, 0.1) is 0 Å². The summed E-state index contributed by atoms with van der Waals surface area (Å²) in [5.74, 6) is 0. The average Bonchev–Trinajstić information content (AvgIpc) is 2.03. The predicted octanol–water partition coefficient (Wildman–Crippen LogP) is 1.84. The molecule has 1 aromatic carbocycles. The van der Waals surface area contributed by atoms with Gasteiger partial charge in [0.05, 0.1) is 0 Å². The zero-order valence-electron chi connectivity index (χ0n) is 6.25. The molecule has 0 aromatic heterocycles. The van der Waals surface area contributed by atoms with E-state index in [9.17, 15) is 0 Å². The van der Waals surface area contributed by atoms with E-state index in [1.165, 1.54) is 11.6 Å². The van der Waals surface area contributed by atoms with Crippen LogP contribution in [0.1, 0.15) is 13.3 Å². The van der Waals surface area contributed by atoms with Gasteiger partial charge in [0, 0.05) is 0 Å². The Morgan fingerprint density at radius 1 is 1.20 bits per heavy atom. The summed E-state index contributed by atoms with van der Waals surface area (Å²) in [5, 5.41) is 1.40. The van der Waals surface area contributed by atoms with Crippen LogP contribution in [0.15, 0.2) is 30.3 Å². The Kier molecular flexibility index (Phi) is 3.60. The summed E-state index contributed by atoms with van der Waals surface area (Å²) in [7, 11) is 0. The first-order valence-corrected chi connectivity index (χ1v) is 5.92. The van der Waals surface area contributed by atoms with Gasteiger partial charge in [-0.15, -0.1) is 0 Å². The molecule has 0 bridgehead atoms. The van der Waals surface area contributed by atoms with E-state index < -0.39 is 0 Å². The van der Waals surface area contributed by atoms with Crippen LogP contribution >= 0.6 is 0 Å². The average molecular weight is 195 g/mol. The van der Waals surface area contributed by atoms with Crippen molar-refractivity contribution in [3.05, 3.63) is 30.3 Å². The molecule has 0 aliphatic heterocycles. The molecule has 0 aliphatic carbocycles. The molecular weight excluding hydrogens is 183 g/mol. The van der Waals surface area contributed by atoms with Gasteiger partial charge in [-0.05, 0) is 0 Å². The second-order valence-corrected chi connectivity index (χ2v) is 4.90. The maximum atomic E-state index is 2.25. The fourth-order valence-electron chi connectivity index (χ4n) is 0.774. The van der Waals surface area contributed by atoms with E-state index in [1.54, 1.807) is 4.35 Å². The van der Waals surface area contributed by atoms with E-state index in [0.29, 0.717) is 15.8 Å². The quantitative estimate of drug-likeness (QED) is 0.645. The Morgan fingerprint density at radius 2 is 1.90 bits per heavy atom. The van der Waals surface area contributed by atoms with E-state index in [2.05, 4.69) is 37.3 Å². The Bertz CT molecular complexity index is 169. The predicted molar refractivity (Wildman–Crippen MR) is 46.9 cm³/mol. The first-order valence-electron chi connectivity index (χ1n) is 3.66. The molecule has 0 saturated carbocycles. The van der Waals surface area contributed by atoms with Crippen molar-refractivity contribution in [3.8, 4) is 0 Å². The molecule has 0 aliphatic rings. The number of hydrogen-bond donors (Lipinski definition) is 0. The van der Waals surface area contributed by atoms with Crippen LogP contribution in [-0.2, 0) is 0 Å². The van der Waals surface area contributed by atoms with Crippen LogP contribution < -0.4 is 4.35 Å².